The average molecular weight is 334 g/mol. The SMILES string of the molecule is NC1=NCC(c2ccccc2Br)N1c1cccc(F)c1. The van der Waals surface area contributed by atoms with Crippen molar-refractivity contribution in [2.45, 2.75) is 6.04 Å². The van der Waals surface area contributed by atoms with Crippen LogP contribution in [0.5, 0.6) is 0 Å². The lowest BCUT2D eigenvalue weighted by Gasteiger charge is -2.27. The summed E-state index contributed by atoms with van der Waals surface area (Å²) < 4.78 is 14.4. The molecule has 1 aliphatic heterocycles. The largest absolute Gasteiger partial charge is 0.369 e. The van der Waals surface area contributed by atoms with Gasteiger partial charge in [-0.2, -0.15) is 0 Å². The summed E-state index contributed by atoms with van der Waals surface area (Å²) in [6.45, 7) is 0.560. The Bertz CT molecular complexity index is 672. The first-order chi connectivity index (χ1) is 9.66. The maximum atomic E-state index is 13.4. The highest BCUT2D eigenvalue weighted by molar-refractivity contribution is 9.10. The van der Waals surface area contributed by atoms with Crippen LogP contribution in [0.2, 0.25) is 0 Å². The topological polar surface area (TPSA) is 41.6 Å². The van der Waals surface area contributed by atoms with E-state index in [0.717, 1.165) is 10.0 Å². The van der Waals surface area contributed by atoms with Gasteiger partial charge in [0.1, 0.15) is 5.82 Å². The minimum atomic E-state index is -0.284. The monoisotopic (exact) mass is 333 g/mol. The number of rotatable bonds is 2. The molecule has 1 atom stereocenters. The lowest BCUT2D eigenvalue weighted by molar-refractivity contribution is 0.626. The van der Waals surface area contributed by atoms with Gasteiger partial charge >= 0.3 is 0 Å². The van der Waals surface area contributed by atoms with Crippen LogP contribution in [0.3, 0.4) is 0 Å². The second kappa shape index (κ2) is 5.25. The highest BCUT2D eigenvalue weighted by Gasteiger charge is 2.30. The molecule has 1 unspecified atom stereocenters. The Morgan fingerprint density at radius 1 is 1.20 bits per heavy atom. The number of nitrogens with two attached hydrogens (primary N) is 1. The maximum Gasteiger partial charge on any atom is 0.196 e. The highest BCUT2D eigenvalue weighted by atomic mass is 79.9. The second-order valence-electron chi connectivity index (χ2n) is 4.59. The fourth-order valence-electron chi connectivity index (χ4n) is 2.42. The van der Waals surface area contributed by atoms with Crippen molar-refractivity contribution in [3.8, 4) is 0 Å². The van der Waals surface area contributed by atoms with Crippen LogP contribution in [0.25, 0.3) is 0 Å². The van der Waals surface area contributed by atoms with E-state index in [1.54, 1.807) is 6.07 Å². The molecule has 3 nitrogen and oxygen atoms in total. The molecular formula is C15H13BrFN3. The average Bonchev–Trinajstić information content (AvgIpc) is 2.81. The predicted octanol–water partition coefficient (Wildman–Crippen LogP) is 3.46. The van der Waals surface area contributed by atoms with Gasteiger partial charge in [0.15, 0.2) is 5.96 Å². The summed E-state index contributed by atoms with van der Waals surface area (Å²) in [6.07, 6.45) is 0. The van der Waals surface area contributed by atoms with E-state index in [9.17, 15) is 4.39 Å². The first kappa shape index (κ1) is 13.1. The number of hydrogen-bond donors (Lipinski definition) is 1. The summed E-state index contributed by atoms with van der Waals surface area (Å²) in [4.78, 5) is 6.16. The molecule has 0 aromatic heterocycles. The molecule has 102 valence electrons. The van der Waals surface area contributed by atoms with Crippen LogP contribution in [0, 0.1) is 5.82 Å². The van der Waals surface area contributed by atoms with Crippen LogP contribution in [0.15, 0.2) is 58.0 Å². The molecule has 2 aromatic carbocycles. The molecule has 1 aliphatic rings. The molecule has 2 aromatic rings. The van der Waals surface area contributed by atoms with Crippen LogP contribution in [0.4, 0.5) is 10.1 Å². The molecule has 0 spiro atoms. The molecule has 5 heteroatoms. The molecule has 20 heavy (non-hydrogen) atoms. The highest BCUT2D eigenvalue weighted by Crippen LogP contribution is 2.34. The van der Waals surface area contributed by atoms with Gasteiger partial charge in [0, 0.05) is 10.2 Å². The Kier molecular flexibility index (Phi) is 3.44. The van der Waals surface area contributed by atoms with Crippen molar-refractivity contribution in [3.05, 3.63) is 64.4 Å². The number of anilines is 1. The maximum absolute atomic E-state index is 13.4. The Morgan fingerprint density at radius 2 is 2.00 bits per heavy atom. The lowest BCUT2D eigenvalue weighted by atomic mass is 10.1. The molecule has 0 saturated carbocycles. The van der Waals surface area contributed by atoms with Crippen molar-refractivity contribution in [3.63, 3.8) is 0 Å². The van der Waals surface area contributed by atoms with Crippen molar-refractivity contribution >= 4 is 27.6 Å². The van der Waals surface area contributed by atoms with Crippen molar-refractivity contribution < 1.29 is 4.39 Å². The third-order valence-electron chi connectivity index (χ3n) is 3.34. The zero-order valence-corrected chi connectivity index (χ0v) is 12.2. The van der Waals surface area contributed by atoms with E-state index in [4.69, 9.17) is 5.73 Å². The van der Waals surface area contributed by atoms with Gasteiger partial charge in [0.25, 0.3) is 0 Å². The van der Waals surface area contributed by atoms with Gasteiger partial charge in [-0.3, -0.25) is 4.99 Å². The number of halogens is 2. The number of aliphatic imine (C=N–C) groups is 1. The fourth-order valence-corrected chi connectivity index (χ4v) is 2.97. The minimum absolute atomic E-state index is 0.0209. The number of nitrogens with zero attached hydrogens (tertiary/aromatic N) is 2. The summed E-state index contributed by atoms with van der Waals surface area (Å²) in [5, 5.41) is 0. The lowest BCUT2D eigenvalue weighted by Crippen LogP contribution is -2.36. The van der Waals surface area contributed by atoms with Gasteiger partial charge in [-0.15, -0.1) is 0 Å². The van der Waals surface area contributed by atoms with Gasteiger partial charge in [0.2, 0.25) is 0 Å². The fraction of sp³-hybridized carbons (Fsp3) is 0.133. The third-order valence-corrected chi connectivity index (χ3v) is 4.06. The number of hydrogen-bond acceptors (Lipinski definition) is 3. The summed E-state index contributed by atoms with van der Waals surface area (Å²) >= 11 is 3.55. The quantitative estimate of drug-likeness (QED) is 0.914. The van der Waals surface area contributed by atoms with Gasteiger partial charge in [-0.05, 0) is 29.8 Å². The van der Waals surface area contributed by atoms with Crippen LogP contribution in [-0.4, -0.2) is 12.5 Å². The van der Waals surface area contributed by atoms with E-state index < -0.39 is 0 Å². The van der Waals surface area contributed by atoms with Crippen molar-refractivity contribution in [1.82, 2.24) is 0 Å². The summed E-state index contributed by atoms with van der Waals surface area (Å²) in [6, 6.07) is 14.3. The van der Waals surface area contributed by atoms with Crippen LogP contribution < -0.4 is 10.6 Å². The van der Waals surface area contributed by atoms with Gasteiger partial charge in [-0.1, -0.05) is 40.2 Å². The van der Waals surface area contributed by atoms with Crippen LogP contribution >= 0.6 is 15.9 Å². The molecular weight excluding hydrogens is 321 g/mol. The summed E-state index contributed by atoms with van der Waals surface area (Å²) in [7, 11) is 0. The summed E-state index contributed by atoms with van der Waals surface area (Å²) in [5.74, 6) is 0.129. The minimum Gasteiger partial charge on any atom is -0.369 e. The molecule has 0 saturated heterocycles. The molecule has 0 bridgehead atoms. The van der Waals surface area contributed by atoms with E-state index in [1.807, 2.05) is 35.2 Å². The Morgan fingerprint density at radius 3 is 2.75 bits per heavy atom. The van der Waals surface area contributed by atoms with E-state index in [1.165, 1.54) is 12.1 Å². The standard InChI is InChI=1S/C15H13BrFN3/c16-13-7-2-1-6-12(13)14-9-19-15(18)20(14)11-5-3-4-10(17)8-11/h1-8,14H,9H2,(H2,18,19). The van der Waals surface area contributed by atoms with E-state index >= 15 is 0 Å². The second-order valence-corrected chi connectivity index (χ2v) is 5.44. The first-order valence-electron chi connectivity index (χ1n) is 6.26. The normalized spacial score (nSPS) is 18.2. The summed E-state index contributed by atoms with van der Waals surface area (Å²) in [5.41, 5.74) is 7.77. The molecule has 0 amide bonds. The smallest absolute Gasteiger partial charge is 0.196 e. The van der Waals surface area contributed by atoms with Gasteiger partial charge in [0.05, 0.1) is 12.6 Å². The third kappa shape index (κ3) is 2.29. The van der Waals surface area contributed by atoms with Crippen molar-refractivity contribution in [2.75, 3.05) is 11.4 Å². The number of benzene rings is 2. The Hall–Kier alpha value is -1.88. The van der Waals surface area contributed by atoms with Gasteiger partial charge < -0.3 is 10.6 Å². The van der Waals surface area contributed by atoms with Crippen LogP contribution in [-0.2, 0) is 0 Å². The van der Waals surface area contributed by atoms with Crippen LogP contribution in [0.1, 0.15) is 11.6 Å². The zero-order chi connectivity index (χ0) is 14.1. The molecule has 0 radical (unpaired) electrons. The molecule has 1 heterocycles. The number of guanidine groups is 1. The first-order valence-corrected chi connectivity index (χ1v) is 7.05. The molecule has 3 rings (SSSR count). The molecule has 2 N–H and O–H groups in total. The zero-order valence-electron chi connectivity index (χ0n) is 10.6. The Balaban J connectivity index is 2.03. The molecule has 0 aliphatic carbocycles. The van der Waals surface area contributed by atoms with Gasteiger partial charge in [-0.25, -0.2) is 4.39 Å². The van der Waals surface area contributed by atoms with E-state index in [0.29, 0.717) is 18.2 Å². The van der Waals surface area contributed by atoms with Crippen molar-refractivity contribution in [1.29, 1.82) is 0 Å². The molecule has 0 fully saturated rings. The predicted molar refractivity (Wildman–Crippen MR) is 82.3 cm³/mol. The van der Waals surface area contributed by atoms with E-state index in [-0.39, 0.29) is 11.9 Å². The Labute approximate surface area is 125 Å². The van der Waals surface area contributed by atoms with Crippen molar-refractivity contribution in [2.24, 2.45) is 10.7 Å². The van der Waals surface area contributed by atoms with E-state index in [2.05, 4.69) is 20.9 Å².